The number of amides is 2. The molecule has 1 atom stereocenters. The van der Waals surface area contributed by atoms with Crippen molar-refractivity contribution < 1.29 is 13.9 Å². The van der Waals surface area contributed by atoms with Crippen LogP contribution in [0.15, 0.2) is 41.1 Å². The topological polar surface area (TPSA) is 92.5 Å². The highest BCUT2D eigenvalue weighted by atomic mass is 32.1. The number of carbonyl (C=O) groups excluding carboxylic acids is 1. The molecule has 180 valence electrons. The van der Waals surface area contributed by atoms with E-state index < -0.39 is 0 Å². The van der Waals surface area contributed by atoms with Crippen molar-refractivity contribution in [1.29, 1.82) is 0 Å². The van der Waals surface area contributed by atoms with E-state index in [1.165, 1.54) is 24.2 Å². The molecule has 0 bridgehead atoms. The lowest BCUT2D eigenvalue weighted by atomic mass is 9.94. The fraction of sp³-hybridized carbons (Fsp3) is 0.400. The van der Waals surface area contributed by atoms with Gasteiger partial charge in [-0.15, -0.1) is 0 Å². The Hall–Kier alpha value is -3.17. The summed E-state index contributed by atoms with van der Waals surface area (Å²) in [6.07, 6.45) is 9.59. The van der Waals surface area contributed by atoms with Crippen LogP contribution in [0, 0.1) is 0 Å². The minimum atomic E-state index is -0.355. The number of likely N-dealkylation sites (tertiary alicyclic amines) is 1. The first-order valence-electron chi connectivity index (χ1n) is 11.5. The summed E-state index contributed by atoms with van der Waals surface area (Å²) in [5, 5.41) is 6.08. The molecule has 2 amide bonds. The van der Waals surface area contributed by atoms with Crippen LogP contribution in [0.25, 0.3) is 12.2 Å². The van der Waals surface area contributed by atoms with Gasteiger partial charge in [0.15, 0.2) is 5.13 Å². The van der Waals surface area contributed by atoms with Crippen molar-refractivity contribution in [2.75, 3.05) is 23.7 Å². The number of aromatic nitrogens is 2. The van der Waals surface area contributed by atoms with Crippen molar-refractivity contribution >= 4 is 40.3 Å². The Bertz CT molecular complexity index is 1120. The van der Waals surface area contributed by atoms with Gasteiger partial charge in [-0.2, -0.15) is 0 Å². The summed E-state index contributed by atoms with van der Waals surface area (Å²) in [6.45, 7) is 10.4. The Morgan fingerprint density at radius 3 is 2.53 bits per heavy atom. The number of nitrogens with zero attached hydrogens (tertiary/aromatic N) is 3. The van der Waals surface area contributed by atoms with E-state index in [4.69, 9.17) is 9.15 Å². The summed E-state index contributed by atoms with van der Waals surface area (Å²) in [4.78, 5) is 24.1. The number of hydrogen-bond donors (Lipinski definition) is 2. The van der Waals surface area contributed by atoms with Crippen molar-refractivity contribution in [1.82, 2.24) is 14.9 Å². The molecule has 0 spiro atoms. The number of oxazole rings is 1. The Labute approximate surface area is 204 Å². The first-order valence-corrected chi connectivity index (χ1v) is 12.3. The Morgan fingerprint density at radius 2 is 1.85 bits per heavy atom. The van der Waals surface area contributed by atoms with Crippen LogP contribution in [0.1, 0.15) is 57.1 Å². The largest absolute Gasteiger partial charge is 0.475 e. The molecule has 1 aliphatic rings. The monoisotopic (exact) mass is 481 g/mol. The molecule has 0 saturated carbocycles. The molecule has 0 radical (unpaired) electrons. The Kier molecular flexibility index (Phi) is 7.33. The number of urea groups is 1. The second-order valence-corrected chi connectivity index (χ2v) is 10.3. The average Bonchev–Trinajstić information content (AvgIpc) is 3.55. The number of thiazole rings is 1. The molecule has 2 N–H and O–H groups in total. The van der Waals surface area contributed by atoms with Crippen molar-refractivity contribution in [3.05, 3.63) is 53.2 Å². The average molecular weight is 482 g/mol. The highest BCUT2D eigenvalue weighted by molar-refractivity contribution is 7.16. The van der Waals surface area contributed by atoms with E-state index in [-0.39, 0.29) is 17.7 Å². The van der Waals surface area contributed by atoms with Crippen LogP contribution in [0.5, 0.6) is 5.75 Å². The molecule has 3 aromatic rings. The molecule has 8 nitrogen and oxygen atoms in total. The Morgan fingerprint density at radius 1 is 1.12 bits per heavy atom. The van der Waals surface area contributed by atoms with E-state index in [2.05, 4.69) is 53.2 Å². The summed E-state index contributed by atoms with van der Waals surface area (Å²) in [6, 6.07) is 7.02. The van der Waals surface area contributed by atoms with Crippen LogP contribution in [0.2, 0.25) is 0 Å². The molecule has 34 heavy (non-hydrogen) atoms. The van der Waals surface area contributed by atoms with Crippen LogP contribution in [-0.2, 0) is 5.41 Å². The van der Waals surface area contributed by atoms with E-state index in [1.54, 1.807) is 18.5 Å². The molecular weight excluding hydrogens is 450 g/mol. The van der Waals surface area contributed by atoms with Gasteiger partial charge in [-0.3, -0.25) is 10.2 Å². The lowest BCUT2D eigenvalue weighted by molar-refractivity contribution is 0.0592. The van der Waals surface area contributed by atoms with Crippen molar-refractivity contribution in [2.45, 2.75) is 52.2 Å². The number of ether oxygens (including phenoxy) is 1. The SMILES string of the molecule is CC(Oc1ccc(NC(=O)Nc2ncc(/C=C/c3ncc(C(C)(C)C)o3)s2)cc1)N1CCCC1. The van der Waals surface area contributed by atoms with E-state index in [0.29, 0.717) is 16.7 Å². The molecule has 0 aliphatic carbocycles. The first kappa shape index (κ1) is 24.0. The smallest absolute Gasteiger partial charge is 0.325 e. The number of nitrogens with one attached hydrogen (secondary N) is 2. The lowest BCUT2D eigenvalue weighted by Crippen LogP contribution is -2.34. The predicted molar refractivity (Wildman–Crippen MR) is 136 cm³/mol. The maximum absolute atomic E-state index is 12.4. The van der Waals surface area contributed by atoms with Gasteiger partial charge in [0.1, 0.15) is 17.7 Å². The summed E-state index contributed by atoms with van der Waals surface area (Å²) >= 11 is 1.36. The Balaban J connectivity index is 1.27. The third kappa shape index (κ3) is 6.45. The van der Waals surface area contributed by atoms with Gasteiger partial charge in [0.05, 0.1) is 6.20 Å². The number of benzene rings is 1. The summed E-state index contributed by atoms with van der Waals surface area (Å²) in [5.41, 5.74) is 0.585. The van der Waals surface area contributed by atoms with Gasteiger partial charge < -0.3 is 14.5 Å². The fourth-order valence-electron chi connectivity index (χ4n) is 3.54. The van der Waals surface area contributed by atoms with Gasteiger partial charge in [-0.25, -0.2) is 14.8 Å². The molecule has 1 aromatic carbocycles. The molecule has 3 heterocycles. The van der Waals surface area contributed by atoms with Crippen LogP contribution < -0.4 is 15.4 Å². The molecule has 1 saturated heterocycles. The molecular formula is C25H31N5O3S. The van der Waals surface area contributed by atoms with Gasteiger partial charge in [0.25, 0.3) is 0 Å². The minimum absolute atomic E-state index is 0.0434. The second kappa shape index (κ2) is 10.4. The summed E-state index contributed by atoms with van der Waals surface area (Å²) in [7, 11) is 0. The summed E-state index contributed by atoms with van der Waals surface area (Å²) in [5.74, 6) is 2.14. The van der Waals surface area contributed by atoms with Crippen LogP contribution in [0.4, 0.5) is 15.6 Å². The van der Waals surface area contributed by atoms with Gasteiger partial charge in [-0.1, -0.05) is 32.1 Å². The normalized spacial score (nSPS) is 15.5. The number of carbonyl (C=O) groups is 1. The van der Waals surface area contributed by atoms with Crippen LogP contribution in [0.3, 0.4) is 0 Å². The zero-order valence-electron chi connectivity index (χ0n) is 20.0. The van der Waals surface area contributed by atoms with Crippen LogP contribution in [-0.4, -0.2) is 40.2 Å². The van der Waals surface area contributed by atoms with E-state index in [1.807, 2.05) is 30.3 Å². The molecule has 1 aliphatic heterocycles. The zero-order chi connectivity index (χ0) is 24.1. The van der Waals surface area contributed by atoms with E-state index in [9.17, 15) is 4.79 Å². The number of rotatable bonds is 7. The van der Waals surface area contributed by atoms with Crippen LogP contribution >= 0.6 is 11.3 Å². The molecule has 1 unspecified atom stereocenters. The van der Waals surface area contributed by atoms with Gasteiger partial charge >= 0.3 is 6.03 Å². The van der Waals surface area contributed by atoms with E-state index >= 15 is 0 Å². The third-order valence-electron chi connectivity index (χ3n) is 5.47. The zero-order valence-corrected chi connectivity index (χ0v) is 20.8. The highest BCUT2D eigenvalue weighted by Gasteiger charge is 2.19. The minimum Gasteiger partial charge on any atom is -0.475 e. The standard InChI is InChI=1S/C25H31N5O3S/c1-17(30-13-5-6-14-30)32-19-9-7-18(8-10-19)28-23(31)29-24-27-15-20(34-24)11-12-22-26-16-21(33-22)25(2,3)4/h7-12,15-17H,5-6,13-14H2,1-4H3,(H2,27,28,29,31)/b12-11+. The van der Waals surface area contributed by atoms with Gasteiger partial charge in [0, 0.05) is 41.3 Å². The number of hydrogen-bond acceptors (Lipinski definition) is 7. The van der Waals surface area contributed by atoms with Crippen molar-refractivity contribution in [3.8, 4) is 5.75 Å². The van der Waals surface area contributed by atoms with Crippen molar-refractivity contribution in [2.24, 2.45) is 0 Å². The maximum atomic E-state index is 12.4. The second-order valence-electron chi connectivity index (χ2n) is 9.28. The highest BCUT2D eigenvalue weighted by Crippen LogP contribution is 2.25. The molecule has 2 aromatic heterocycles. The van der Waals surface area contributed by atoms with E-state index in [0.717, 1.165) is 29.5 Å². The first-order chi connectivity index (χ1) is 16.3. The third-order valence-corrected chi connectivity index (χ3v) is 6.35. The lowest BCUT2D eigenvalue weighted by Gasteiger charge is -2.24. The van der Waals surface area contributed by atoms with Gasteiger partial charge in [-0.05, 0) is 50.1 Å². The fourth-order valence-corrected chi connectivity index (χ4v) is 4.25. The molecule has 1 fully saturated rings. The van der Waals surface area contributed by atoms with Crippen molar-refractivity contribution in [3.63, 3.8) is 0 Å². The number of anilines is 2. The molecule has 9 heteroatoms. The molecule has 4 rings (SSSR count). The predicted octanol–water partition coefficient (Wildman–Crippen LogP) is 6.06. The van der Waals surface area contributed by atoms with Gasteiger partial charge in [0.2, 0.25) is 5.89 Å². The summed E-state index contributed by atoms with van der Waals surface area (Å²) < 4.78 is 11.8. The quantitative estimate of drug-likeness (QED) is 0.426. The maximum Gasteiger partial charge on any atom is 0.325 e.